The number of aromatic nitrogens is 2. The molecule has 1 atom stereocenters. The Balaban J connectivity index is 1.86. The highest BCUT2D eigenvalue weighted by molar-refractivity contribution is 7.91. The van der Waals surface area contributed by atoms with E-state index in [1.165, 1.54) is 4.90 Å². The van der Waals surface area contributed by atoms with Crippen LogP contribution in [0.15, 0.2) is 24.3 Å². The lowest BCUT2D eigenvalue weighted by atomic mass is 10.1. The van der Waals surface area contributed by atoms with Gasteiger partial charge in [0.25, 0.3) is 5.91 Å². The van der Waals surface area contributed by atoms with E-state index in [1.54, 1.807) is 32.0 Å². The second-order valence-corrected chi connectivity index (χ2v) is 8.92. The van der Waals surface area contributed by atoms with Gasteiger partial charge in [-0.1, -0.05) is 0 Å². The molecule has 1 saturated heterocycles. The second kappa shape index (κ2) is 6.75. The SMILES string of the molecule is COc1ccc(-c2cc(C(=O)N(C)C3CCS(=O)(=O)C3)nn2C)cc1C. The number of hydrogen-bond donors (Lipinski definition) is 0. The number of methoxy groups -OCH3 is 1. The van der Waals surface area contributed by atoms with Gasteiger partial charge in [-0.25, -0.2) is 8.42 Å². The Morgan fingerprint density at radius 1 is 1.35 bits per heavy atom. The highest BCUT2D eigenvalue weighted by atomic mass is 32.2. The first-order valence-corrected chi connectivity index (χ1v) is 10.2. The number of rotatable bonds is 4. The summed E-state index contributed by atoms with van der Waals surface area (Å²) in [5.41, 5.74) is 3.05. The quantitative estimate of drug-likeness (QED) is 0.809. The summed E-state index contributed by atoms with van der Waals surface area (Å²) in [7, 11) is 2.00. The van der Waals surface area contributed by atoms with Gasteiger partial charge in [0, 0.05) is 25.7 Å². The number of carbonyl (C=O) groups is 1. The molecule has 0 bridgehead atoms. The third-order valence-electron chi connectivity index (χ3n) is 4.87. The molecular weight excluding hydrogens is 354 g/mol. The van der Waals surface area contributed by atoms with Crippen LogP contribution in [0.2, 0.25) is 0 Å². The minimum absolute atomic E-state index is 0.0204. The zero-order chi connectivity index (χ0) is 19.1. The summed E-state index contributed by atoms with van der Waals surface area (Å²) in [6.45, 7) is 1.96. The van der Waals surface area contributed by atoms with Gasteiger partial charge in [-0.15, -0.1) is 0 Å². The Labute approximate surface area is 153 Å². The summed E-state index contributed by atoms with van der Waals surface area (Å²) in [4.78, 5) is 14.2. The Kier molecular flexibility index (Phi) is 4.79. The van der Waals surface area contributed by atoms with Gasteiger partial charge < -0.3 is 9.64 Å². The van der Waals surface area contributed by atoms with Gasteiger partial charge in [0.2, 0.25) is 0 Å². The first kappa shape index (κ1) is 18.4. The fourth-order valence-electron chi connectivity index (χ4n) is 3.31. The third kappa shape index (κ3) is 3.46. The van der Waals surface area contributed by atoms with Crippen LogP contribution in [-0.4, -0.2) is 60.7 Å². The molecule has 1 aromatic carbocycles. The molecule has 0 aliphatic carbocycles. The molecule has 0 N–H and O–H groups in total. The largest absolute Gasteiger partial charge is 0.496 e. The summed E-state index contributed by atoms with van der Waals surface area (Å²) in [6, 6.07) is 7.24. The van der Waals surface area contributed by atoms with E-state index in [9.17, 15) is 13.2 Å². The van der Waals surface area contributed by atoms with E-state index in [0.717, 1.165) is 22.6 Å². The van der Waals surface area contributed by atoms with E-state index in [1.807, 2.05) is 25.1 Å². The highest BCUT2D eigenvalue weighted by Crippen LogP contribution is 2.27. The van der Waals surface area contributed by atoms with Crippen molar-refractivity contribution in [3.8, 4) is 17.0 Å². The van der Waals surface area contributed by atoms with Gasteiger partial charge in [0.1, 0.15) is 5.75 Å². The number of amides is 1. The minimum Gasteiger partial charge on any atom is -0.496 e. The van der Waals surface area contributed by atoms with E-state index in [4.69, 9.17) is 4.74 Å². The molecule has 7 nitrogen and oxygen atoms in total. The van der Waals surface area contributed by atoms with Crippen molar-refractivity contribution < 1.29 is 17.9 Å². The van der Waals surface area contributed by atoms with Crippen LogP contribution in [0.1, 0.15) is 22.5 Å². The first-order chi connectivity index (χ1) is 12.2. The van der Waals surface area contributed by atoms with Crippen LogP contribution in [-0.2, 0) is 16.9 Å². The average molecular weight is 377 g/mol. The fraction of sp³-hybridized carbons (Fsp3) is 0.444. The van der Waals surface area contributed by atoms with Crippen LogP contribution in [0.4, 0.5) is 0 Å². The molecule has 2 heterocycles. The Hall–Kier alpha value is -2.35. The molecule has 0 saturated carbocycles. The smallest absolute Gasteiger partial charge is 0.274 e. The van der Waals surface area contributed by atoms with Crippen LogP contribution in [0.5, 0.6) is 5.75 Å². The maximum Gasteiger partial charge on any atom is 0.274 e. The Bertz CT molecular complexity index is 949. The molecule has 3 rings (SSSR count). The van der Waals surface area contributed by atoms with Crippen LogP contribution in [0, 0.1) is 6.92 Å². The fourth-order valence-corrected chi connectivity index (χ4v) is 5.08. The lowest BCUT2D eigenvalue weighted by molar-refractivity contribution is 0.0741. The van der Waals surface area contributed by atoms with Gasteiger partial charge in [-0.3, -0.25) is 9.48 Å². The molecule has 1 aliphatic heterocycles. The minimum atomic E-state index is -3.04. The van der Waals surface area contributed by atoms with Gasteiger partial charge in [0.05, 0.1) is 24.3 Å². The average Bonchev–Trinajstić information content (AvgIpc) is 3.15. The van der Waals surface area contributed by atoms with Gasteiger partial charge in [0.15, 0.2) is 15.5 Å². The number of benzene rings is 1. The van der Waals surface area contributed by atoms with Crippen molar-refractivity contribution in [1.82, 2.24) is 14.7 Å². The number of aryl methyl sites for hydroxylation is 2. The molecule has 0 spiro atoms. The number of ether oxygens (including phenoxy) is 1. The van der Waals surface area contributed by atoms with E-state index >= 15 is 0 Å². The van der Waals surface area contributed by atoms with Gasteiger partial charge in [-0.2, -0.15) is 5.10 Å². The molecule has 140 valence electrons. The van der Waals surface area contributed by atoms with Crippen molar-refractivity contribution in [3.05, 3.63) is 35.5 Å². The van der Waals surface area contributed by atoms with Crippen LogP contribution in [0.3, 0.4) is 0 Å². The van der Waals surface area contributed by atoms with Crippen molar-refractivity contribution in [3.63, 3.8) is 0 Å². The Morgan fingerprint density at radius 2 is 2.08 bits per heavy atom. The number of sulfone groups is 1. The molecular formula is C18H23N3O4S. The normalized spacial score (nSPS) is 18.7. The predicted molar refractivity (Wildman–Crippen MR) is 99.1 cm³/mol. The molecule has 2 aromatic rings. The zero-order valence-corrected chi connectivity index (χ0v) is 16.2. The van der Waals surface area contributed by atoms with E-state index in [0.29, 0.717) is 12.1 Å². The van der Waals surface area contributed by atoms with E-state index in [-0.39, 0.29) is 23.5 Å². The van der Waals surface area contributed by atoms with Crippen molar-refractivity contribution in [1.29, 1.82) is 0 Å². The molecule has 1 fully saturated rings. The van der Waals surface area contributed by atoms with E-state index in [2.05, 4.69) is 5.10 Å². The molecule has 0 radical (unpaired) electrons. The van der Waals surface area contributed by atoms with Crippen LogP contribution in [0.25, 0.3) is 11.3 Å². The summed E-state index contributed by atoms with van der Waals surface area (Å²) in [6.07, 6.45) is 0.474. The van der Waals surface area contributed by atoms with Crippen molar-refractivity contribution in [2.24, 2.45) is 7.05 Å². The topological polar surface area (TPSA) is 81.5 Å². The summed E-state index contributed by atoms with van der Waals surface area (Å²) < 4.78 is 30.3. The number of nitrogens with zero attached hydrogens (tertiary/aromatic N) is 3. The summed E-state index contributed by atoms with van der Waals surface area (Å²) in [5.74, 6) is 0.689. The van der Waals surface area contributed by atoms with Crippen LogP contribution < -0.4 is 4.74 Å². The second-order valence-electron chi connectivity index (χ2n) is 6.70. The summed E-state index contributed by atoms with van der Waals surface area (Å²) >= 11 is 0. The summed E-state index contributed by atoms with van der Waals surface area (Å²) in [5, 5.41) is 4.33. The standard InChI is InChI=1S/C18H23N3O4S/c1-12-9-13(5-6-17(12)25-4)16-10-15(19-21(16)3)18(22)20(2)14-7-8-26(23,24)11-14/h5-6,9-10,14H,7-8,11H2,1-4H3. The molecule has 8 heteroatoms. The van der Waals surface area contributed by atoms with Gasteiger partial charge >= 0.3 is 0 Å². The van der Waals surface area contributed by atoms with Gasteiger partial charge in [-0.05, 0) is 43.2 Å². The monoisotopic (exact) mass is 377 g/mol. The van der Waals surface area contributed by atoms with Crippen molar-refractivity contribution in [2.75, 3.05) is 25.7 Å². The molecule has 1 unspecified atom stereocenters. The maximum atomic E-state index is 12.7. The lowest BCUT2D eigenvalue weighted by Crippen LogP contribution is -2.38. The molecule has 1 aliphatic rings. The highest BCUT2D eigenvalue weighted by Gasteiger charge is 2.33. The van der Waals surface area contributed by atoms with Crippen molar-refractivity contribution in [2.45, 2.75) is 19.4 Å². The van der Waals surface area contributed by atoms with E-state index < -0.39 is 9.84 Å². The van der Waals surface area contributed by atoms with Crippen LogP contribution >= 0.6 is 0 Å². The first-order valence-electron chi connectivity index (χ1n) is 8.38. The third-order valence-corrected chi connectivity index (χ3v) is 6.62. The molecule has 26 heavy (non-hydrogen) atoms. The predicted octanol–water partition coefficient (Wildman–Crippen LogP) is 1.66. The molecule has 1 aromatic heterocycles. The molecule has 1 amide bonds. The van der Waals surface area contributed by atoms with Crippen molar-refractivity contribution >= 4 is 15.7 Å². The number of hydrogen-bond acceptors (Lipinski definition) is 5. The number of carbonyl (C=O) groups excluding carboxylic acids is 1. The zero-order valence-electron chi connectivity index (χ0n) is 15.4. The lowest BCUT2D eigenvalue weighted by Gasteiger charge is -2.22. The maximum absolute atomic E-state index is 12.7. The Morgan fingerprint density at radius 3 is 2.65 bits per heavy atom.